The molecule has 8 nitrogen and oxygen atoms in total. The van der Waals surface area contributed by atoms with E-state index in [4.69, 9.17) is 4.74 Å². The van der Waals surface area contributed by atoms with Crippen LogP contribution in [-0.2, 0) is 16.1 Å². The number of hydrogen-bond donors (Lipinski definition) is 1. The minimum atomic E-state index is -0.342. The lowest BCUT2D eigenvalue weighted by atomic mass is 9.78. The zero-order chi connectivity index (χ0) is 22.4. The number of imidazole rings is 1. The Hall–Kier alpha value is -3.26. The number of carbonyl (C=O) groups excluding carboxylic acids is 2. The Morgan fingerprint density at radius 2 is 2.06 bits per heavy atom. The fraction of sp³-hybridized carbons (Fsp3) is 0.417. The van der Waals surface area contributed by atoms with Gasteiger partial charge in [0, 0.05) is 32.3 Å². The lowest BCUT2D eigenvalue weighted by Gasteiger charge is -2.38. The maximum Gasteiger partial charge on any atom is 0.337 e. The summed E-state index contributed by atoms with van der Waals surface area (Å²) >= 11 is 0. The number of fused-ring (bicyclic) bond motifs is 2. The van der Waals surface area contributed by atoms with E-state index in [1.165, 1.54) is 7.11 Å². The van der Waals surface area contributed by atoms with Crippen LogP contribution in [0.5, 0.6) is 0 Å². The van der Waals surface area contributed by atoms with Crippen molar-refractivity contribution in [2.24, 2.45) is 5.92 Å². The van der Waals surface area contributed by atoms with E-state index in [2.05, 4.69) is 25.9 Å². The van der Waals surface area contributed by atoms with Crippen LogP contribution < -0.4 is 5.32 Å². The molecule has 0 saturated carbocycles. The molecule has 0 bridgehead atoms. The van der Waals surface area contributed by atoms with E-state index in [-0.39, 0.29) is 23.8 Å². The fourth-order valence-corrected chi connectivity index (χ4v) is 5.12. The summed E-state index contributed by atoms with van der Waals surface area (Å²) in [5.74, 6) is 1.27. The third-order valence-corrected chi connectivity index (χ3v) is 6.86. The van der Waals surface area contributed by atoms with Gasteiger partial charge in [-0.25, -0.2) is 14.8 Å². The summed E-state index contributed by atoms with van der Waals surface area (Å²) < 4.78 is 6.94. The summed E-state index contributed by atoms with van der Waals surface area (Å²) in [6.45, 7) is 4.19. The summed E-state index contributed by atoms with van der Waals surface area (Å²) in [4.78, 5) is 35.4. The number of carbonyl (C=O) groups is 2. The minimum Gasteiger partial charge on any atom is -0.465 e. The lowest BCUT2D eigenvalue weighted by Crippen LogP contribution is -2.52. The average Bonchev–Trinajstić information content (AvgIpc) is 3.41. The quantitative estimate of drug-likeness (QED) is 0.634. The van der Waals surface area contributed by atoms with Crippen molar-refractivity contribution >= 4 is 23.0 Å². The van der Waals surface area contributed by atoms with Gasteiger partial charge in [0.15, 0.2) is 5.65 Å². The molecule has 2 fully saturated rings. The Morgan fingerprint density at radius 1 is 1.28 bits per heavy atom. The highest BCUT2D eigenvalue weighted by Gasteiger charge is 2.44. The lowest BCUT2D eigenvalue weighted by molar-refractivity contribution is -0.136. The van der Waals surface area contributed by atoms with Crippen LogP contribution in [0.2, 0.25) is 0 Å². The van der Waals surface area contributed by atoms with E-state index < -0.39 is 0 Å². The van der Waals surface area contributed by atoms with E-state index in [1.54, 1.807) is 12.1 Å². The van der Waals surface area contributed by atoms with Crippen LogP contribution in [0, 0.1) is 12.8 Å². The standard InChI is InChI=1S/C24H27N5O3/c1-14-27-22-20(29(14)12-15-4-6-16(7-5-15)24(31)32-3)10-17(11-26-22)19-13-28(2)23(30)21-18(19)8-9-25-21/h4-7,10-11,18-19,21,25H,8-9,12-13H2,1-3H3. The molecule has 2 aromatic heterocycles. The number of benzene rings is 1. The van der Waals surface area contributed by atoms with E-state index in [0.717, 1.165) is 41.1 Å². The highest BCUT2D eigenvalue weighted by molar-refractivity contribution is 5.89. The van der Waals surface area contributed by atoms with Crippen LogP contribution in [0.25, 0.3) is 11.2 Å². The van der Waals surface area contributed by atoms with Gasteiger partial charge in [-0.15, -0.1) is 0 Å². The third kappa shape index (κ3) is 3.44. The molecule has 0 spiro atoms. The van der Waals surface area contributed by atoms with Crippen molar-refractivity contribution in [3.63, 3.8) is 0 Å². The van der Waals surface area contributed by atoms with Crippen molar-refractivity contribution in [3.8, 4) is 0 Å². The monoisotopic (exact) mass is 433 g/mol. The summed E-state index contributed by atoms with van der Waals surface area (Å²) in [7, 11) is 3.26. The molecular weight excluding hydrogens is 406 g/mol. The summed E-state index contributed by atoms with van der Waals surface area (Å²) in [6.07, 6.45) is 2.92. The van der Waals surface area contributed by atoms with E-state index >= 15 is 0 Å². The molecule has 2 saturated heterocycles. The van der Waals surface area contributed by atoms with Gasteiger partial charge in [-0.2, -0.15) is 0 Å². The van der Waals surface area contributed by atoms with Gasteiger partial charge in [-0.3, -0.25) is 4.79 Å². The second-order valence-electron chi connectivity index (χ2n) is 8.75. The molecule has 2 aliphatic rings. The molecule has 1 N–H and O–H groups in total. The van der Waals surface area contributed by atoms with E-state index in [1.807, 2.05) is 37.2 Å². The van der Waals surface area contributed by atoms with Gasteiger partial charge in [-0.1, -0.05) is 12.1 Å². The van der Waals surface area contributed by atoms with Crippen LogP contribution in [0.3, 0.4) is 0 Å². The molecule has 3 aromatic rings. The molecular formula is C24H27N5O3. The Morgan fingerprint density at radius 3 is 2.81 bits per heavy atom. The first-order chi connectivity index (χ1) is 15.5. The fourth-order valence-electron chi connectivity index (χ4n) is 5.12. The molecule has 3 unspecified atom stereocenters. The number of likely N-dealkylation sites (N-methyl/N-ethyl adjacent to an activating group) is 1. The van der Waals surface area contributed by atoms with Gasteiger partial charge >= 0.3 is 5.97 Å². The molecule has 0 radical (unpaired) electrons. The Bertz CT molecular complexity index is 1190. The predicted octanol–water partition coefficient (Wildman–Crippen LogP) is 2.11. The number of ether oxygens (including phenoxy) is 1. The van der Waals surface area contributed by atoms with Crippen LogP contribution in [0.1, 0.15) is 39.6 Å². The zero-order valence-electron chi connectivity index (χ0n) is 18.5. The number of rotatable bonds is 4. The summed E-state index contributed by atoms with van der Waals surface area (Å²) in [6, 6.07) is 9.52. The van der Waals surface area contributed by atoms with Crippen LogP contribution in [-0.4, -0.2) is 64.6 Å². The van der Waals surface area contributed by atoms with Crippen molar-refractivity contribution in [2.75, 3.05) is 27.2 Å². The number of methoxy groups -OCH3 is 1. The SMILES string of the molecule is COC(=O)c1ccc(Cn2c(C)nc3ncc(C4CN(C)C(=O)C5NCCC54)cc32)cc1. The largest absolute Gasteiger partial charge is 0.465 e. The zero-order valence-corrected chi connectivity index (χ0v) is 18.5. The number of piperidine rings is 1. The molecule has 32 heavy (non-hydrogen) atoms. The maximum atomic E-state index is 12.5. The van der Waals surface area contributed by atoms with Crippen molar-refractivity contribution in [2.45, 2.75) is 31.8 Å². The first-order valence-electron chi connectivity index (χ1n) is 10.9. The van der Waals surface area contributed by atoms with Gasteiger partial charge in [-0.05, 0) is 55.1 Å². The van der Waals surface area contributed by atoms with Crippen LogP contribution in [0.4, 0.5) is 0 Å². The van der Waals surface area contributed by atoms with Crippen molar-refractivity contribution < 1.29 is 14.3 Å². The number of aromatic nitrogens is 3. The topological polar surface area (TPSA) is 89.4 Å². The second-order valence-corrected chi connectivity index (χ2v) is 8.75. The average molecular weight is 434 g/mol. The van der Waals surface area contributed by atoms with Crippen LogP contribution in [0.15, 0.2) is 36.5 Å². The van der Waals surface area contributed by atoms with E-state index in [0.29, 0.717) is 24.6 Å². The molecule has 0 aliphatic carbocycles. The molecule has 4 heterocycles. The molecule has 2 aliphatic heterocycles. The van der Waals surface area contributed by atoms with Gasteiger partial charge in [0.25, 0.3) is 0 Å². The number of aryl methyl sites for hydroxylation is 1. The Kier molecular flexibility index (Phi) is 5.17. The van der Waals surface area contributed by atoms with E-state index in [9.17, 15) is 9.59 Å². The Labute approximate surface area is 186 Å². The second kappa shape index (κ2) is 8.02. The first kappa shape index (κ1) is 20.6. The van der Waals surface area contributed by atoms with Crippen molar-refractivity contribution in [1.82, 2.24) is 24.8 Å². The minimum absolute atomic E-state index is 0.102. The summed E-state index contributed by atoms with van der Waals surface area (Å²) in [5.41, 5.74) is 4.45. The van der Waals surface area contributed by atoms with Gasteiger partial charge < -0.3 is 19.5 Å². The number of hydrogen-bond acceptors (Lipinski definition) is 6. The summed E-state index contributed by atoms with van der Waals surface area (Å²) in [5, 5.41) is 3.38. The van der Waals surface area contributed by atoms with Crippen molar-refractivity contribution in [1.29, 1.82) is 0 Å². The number of nitrogens with zero attached hydrogens (tertiary/aromatic N) is 4. The van der Waals surface area contributed by atoms with Crippen molar-refractivity contribution in [3.05, 3.63) is 59.0 Å². The number of nitrogens with one attached hydrogen (secondary N) is 1. The highest BCUT2D eigenvalue weighted by atomic mass is 16.5. The molecule has 5 rings (SSSR count). The molecule has 1 aromatic carbocycles. The number of esters is 1. The van der Waals surface area contributed by atoms with Gasteiger partial charge in [0.05, 0.1) is 24.2 Å². The predicted molar refractivity (Wildman–Crippen MR) is 119 cm³/mol. The van der Waals surface area contributed by atoms with Crippen LogP contribution >= 0.6 is 0 Å². The smallest absolute Gasteiger partial charge is 0.337 e. The first-order valence-corrected chi connectivity index (χ1v) is 10.9. The van der Waals surface area contributed by atoms with Gasteiger partial charge in [0.2, 0.25) is 5.91 Å². The third-order valence-electron chi connectivity index (χ3n) is 6.86. The number of pyridine rings is 1. The number of amides is 1. The highest BCUT2D eigenvalue weighted by Crippen LogP contribution is 2.38. The normalized spacial score (nSPS) is 22.9. The number of likely N-dealkylation sites (tertiary alicyclic amines) is 1. The molecule has 3 atom stereocenters. The maximum absolute atomic E-state index is 12.5. The van der Waals surface area contributed by atoms with Gasteiger partial charge in [0.1, 0.15) is 5.82 Å². The molecule has 8 heteroatoms. The molecule has 166 valence electrons. The molecule has 1 amide bonds. The Balaban J connectivity index is 1.47.